The molecular weight excluding hydrogens is 345 g/mol. The largest absolute Gasteiger partial charge is 0.389 e. The van der Waals surface area contributed by atoms with Crippen molar-refractivity contribution in [1.82, 2.24) is 0 Å². The number of hydrogen-bond donors (Lipinski definition) is 0. The molecule has 0 amide bonds. The molecule has 0 aromatic heterocycles. The van der Waals surface area contributed by atoms with Gasteiger partial charge in [-0.15, -0.1) is 0 Å². The maximum atomic E-state index is 13.3. The average molecular weight is 387 g/mol. The molecule has 0 N–H and O–H groups in total. The van der Waals surface area contributed by atoms with E-state index in [1.54, 1.807) is 0 Å². The number of fused-ring (bicyclic) bond motifs is 3. The fraction of sp³-hybridized carbons (Fsp3) is 1.00. The van der Waals surface area contributed by atoms with E-state index in [1.807, 2.05) is 0 Å². The van der Waals surface area contributed by atoms with Crippen molar-refractivity contribution in [2.75, 3.05) is 0 Å². The molecule has 27 heavy (non-hydrogen) atoms. The lowest BCUT2D eigenvalue weighted by atomic mass is 9.46. The maximum Gasteiger partial charge on any atom is 0.389 e. The van der Waals surface area contributed by atoms with Gasteiger partial charge in [0.15, 0.2) is 0 Å². The summed E-state index contributed by atoms with van der Waals surface area (Å²) in [5.74, 6) is 3.33. The van der Waals surface area contributed by atoms with E-state index in [9.17, 15) is 13.2 Å². The van der Waals surface area contributed by atoms with Gasteiger partial charge in [-0.05, 0) is 91.3 Å². The van der Waals surface area contributed by atoms with Gasteiger partial charge in [-0.2, -0.15) is 13.2 Å². The van der Waals surface area contributed by atoms with Crippen LogP contribution in [0.15, 0.2) is 0 Å². The van der Waals surface area contributed by atoms with Crippen molar-refractivity contribution in [2.45, 2.75) is 105 Å². The third-order valence-electron chi connectivity index (χ3n) is 9.53. The van der Waals surface area contributed by atoms with Crippen molar-refractivity contribution in [3.05, 3.63) is 0 Å². The van der Waals surface area contributed by atoms with E-state index >= 15 is 0 Å². The molecule has 3 rings (SSSR count). The molecule has 3 saturated carbocycles. The molecule has 0 nitrogen and oxygen atoms in total. The summed E-state index contributed by atoms with van der Waals surface area (Å²) in [4.78, 5) is 0. The molecule has 158 valence electrons. The van der Waals surface area contributed by atoms with Gasteiger partial charge in [-0.3, -0.25) is 0 Å². The van der Waals surface area contributed by atoms with Crippen LogP contribution in [-0.4, -0.2) is 6.18 Å². The highest BCUT2D eigenvalue weighted by atomic mass is 19.4. The zero-order valence-electron chi connectivity index (χ0n) is 18.2. The van der Waals surface area contributed by atoms with E-state index in [4.69, 9.17) is 0 Å². The molecular formula is C24H41F3. The van der Waals surface area contributed by atoms with E-state index in [-0.39, 0.29) is 11.3 Å². The van der Waals surface area contributed by atoms with Crippen LogP contribution in [0.25, 0.3) is 0 Å². The fourth-order valence-electron chi connectivity index (χ4n) is 8.47. The Hall–Kier alpha value is -0.210. The highest BCUT2D eigenvalue weighted by Crippen LogP contribution is 2.68. The predicted octanol–water partition coefficient (Wildman–Crippen LogP) is 8.26. The summed E-state index contributed by atoms with van der Waals surface area (Å²) in [6.07, 6.45) is 5.51. The van der Waals surface area contributed by atoms with Crippen molar-refractivity contribution in [3.8, 4) is 0 Å². The van der Waals surface area contributed by atoms with Crippen molar-refractivity contribution in [1.29, 1.82) is 0 Å². The summed E-state index contributed by atoms with van der Waals surface area (Å²) in [6.45, 7) is 11.7. The quantitative estimate of drug-likeness (QED) is 0.446. The number of hydrogen-bond acceptors (Lipinski definition) is 0. The van der Waals surface area contributed by atoms with Crippen LogP contribution in [-0.2, 0) is 0 Å². The Morgan fingerprint density at radius 1 is 0.963 bits per heavy atom. The van der Waals surface area contributed by atoms with Crippen molar-refractivity contribution in [2.24, 2.45) is 46.3 Å². The van der Waals surface area contributed by atoms with Gasteiger partial charge < -0.3 is 0 Å². The van der Waals surface area contributed by atoms with E-state index in [0.29, 0.717) is 17.3 Å². The average Bonchev–Trinajstić information content (AvgIpc) is 2.81. The summed E-state index contributed by atoms with van der Waals surface area (Å²) >= 11 is 0. The van der Waals surface area contributed by atoms with Gasteiger partial charge in [0.1, 0.15) is 0 Å². The molecule has 0 spiro atoms. The molecule has 3 aliphatic carbocycles. The molecule has 0 aromatic rings. The van der Waals surface area contributed by atoms with Gasteiger partial charge in [-0.25, -0.2) is 0 Å². The Morgan fingerprint density at radius 3 is 2.26 bits per heavy atom. The molecule has 0 aliphatic heterocycles. The third-order valence-corrected chi connectivity index (χ3v) is 9.53. The van der Waals surface area contributed by atoms with Crippen LogP contribution < -0.4 is 0 Å². The molecule has 0 radical (unpaired) electrons. The monoisotopic (exact) mass is 386 g/mol. The smallest absolute Gasteiger partial charge is 0.171 e. The number of halogens is 3. The molecule has 8 atom stereocenters. The highest BCUT2D eigenvalue weighted by Gasteiger charge is 2.61. The molecule has 3 aliphatic rings. The fourth-order valence-corrected chi connectivity index (χ4v) is 8.47. The van der Waals surface area contributed by atoms with E-state index < -0.39 is 12.6 Å². The SMILES string of the molecule is CCCC1C(C)CC2C3CCC(CC(F)(F)F)C(C)(CCC)C3CCC12C. The summed E-state index contributed by atoms with van der Waals surface area (Å²) in [7, 11) is 0. The first kappa shape index (κ1) is 21.5. The lowest BCUT2D eigenvalue weighted by Crippen LogP contribution is -2.52. The summed E-state index contributed by atoms with van der Waals surface area (Å²) in [5, 5.41) is 0. The predicted molar refractivity (Wildman–Crippen MR) is 106 cm³/mol. The summed E-state index contributed by atoms with van der Waals surface area (Å²) in [5.41, 5.74) is 0.307. The number of rotatable bonds is 5. The zero-order valence-corrected chi connectivity index (χ0v) is 18.2. The first-order chi connectivity index (χ1) is 12.6. The Morgan fingerprint density at radius 2 is 1.67 bits per heavy atom. The Bertz CT molecular complexity index is 512. The van der Waals surface area contributed by atoms with E-state index in [2.05, 4.69) is 34.6 Å². The third kappa shape index (κ3) is 3.70. The molecule has 0 bridgehead atoms. The normalized spacial score (nSPS) is 47.6. The second-order valence-electron chi connectivity index (χ2n) is 10.9. The van der Waals surface area contributed by atoms with Crippen LogP contribution in [0.1, 0.15) is 98.8 Å². The van der Waals surface area contributed by atoms with Crippen LogP contribution in [0.4, 0.5) is 13.2 Å². The van der Waals surface area contributed by atoms with E-state index in [1.165, 1.54) is 25.7 Å². The highest BCUT2D eigenvalue weighted by molar-refractivity contribution is 5.09. The minimum Gasteiger partial charge on any atom is -0.171 e. The molecule has 0 aromatic carbocycles. The molecule has 3 heteroatoms. The van der Waals surface area contributed by atoms with Gasteiger partial charge in [0, 0.05) is 6.42 Å². The molecule has 3 fully saturated rings. The minimum absolute atomic E-state index is 0.124. The Kier molecular flexibility index (Phi) is 6.02. The lowest BCUT2D eigenvalue weighted by molar-refractivity contribution is -0.177. The second kappa shape index (κ2) is 7.56. The first-order valence-electron chi connectivity index (χ1n) is 11.6. The van der Waals surface area contributed by atoms with Gasteiger partial charge in [0.25, 0.3) is 0 Å². The molecule has 8 unspecified atom stereocenters. The number of alkyl halides is 3. The van der Waals surface area contributed by atoms with Crippen LogP contribution in [0.2, 0.25) is 0 Å². The standard InChI is InChI=1S/C24H41F3/c1-6-8-19-16(3)14-21-18-10-9-17(15-24(25,26)27)22(4,12-7-2)20(18)11-13-23(19,21)5/h16-21H,6-15H2,1-5H3. The van der Waals surface area contributed by atoms with Gasteiger partial charge in [0.05, 0.1) is 0 Å². The topological polar surface area (TPSA) is 0 Å². The lowest BCUT2D eigenvalue weighted by Gasteiger charge is -2.59. The van der Waals surface area contributed by atoms with Gasteiger partial charge in [-0.1, -0.05) is 47.5 Å². The van der Waals surface area contributed by atoms with Crippen LogP contribution in [0, 0.1) is 46.3 Å². The molecule has 0 heterocycles. The van der Waals surface area contributed by atoms with Gasteiger partial charge in [0.2, 0.25) is 0 Å². The maximum absolute atomic E-state index is 13.3. The summed E-state index contributed by atoms with van der Waals surface area (Å²) in [6, 6.07) is 0. The van der Waals surface area contributed by atoms with Crippen LogP contribution >= 0.6 is 0 Å². The van der Waals surface area contributed by atoms with E-state index in [0.717, 1.165) is 49.9 Å². The first-order valence-corrected chi connectivity index (χ1v) is 11.6. The molecule has 0 saturated heterocycles. The summed E-state index contributed by atoms with van der Waals surface area (Å²) < 4.78 is 39.9. The van der Waals surface area contributed by atoms with Crippen molar-refractivity contribution in [3.63, 3.8) is 0 Å². The van der Waals surface area contributed by atoms with Crippen molar-refractivity contribution < 1.29 is 13.2 Å². The zero-order chi connectivity index (χ0) is 20.0. The second-order valence-corrected chi connectivity index (χ2v) is 10.9. The van der Waals surface area contributed by atoms with Crippen molar-refractivity contribution >= 4 is 0 Å². The minimum atomic E-state index is -4.02. The van der Waals surface area contributed by atoms with Gasteiger partial charge >= 0.3 is 6.18 Å². The Labute approximate surface area is 165 Å². The van der Waals surface area contributed by atoms with Crippen LogP contribution in [0.5, 0.6) is 0 Å². The van der Waals surface area contributed by atoms with Crippen LogP contribution in [0.3, 0.4) is 0 Å². The Balaban J connectivity index is 1.88.